The molecule has 1 atom stereocenters. The first-order chi connectivity index (χ1) is 11.9. The number of nitrogens with zero attached hydrogens (tertiary/aromatic N) is 1. The number of hydrogen-bond acceptors (Lipinski definition) is 5. The molecule has 0 aliphatic rings. The summed E-state index contributed by atoms with van der Waals surface area (Å²) in [5.41, 5.74) is 0.781. The van der Waals surface area contributed by atoms with Crippen LogP contribution in [0.1, 0.15) is 43.3 Å². The molecule has 0 spiro atoms. The van der Waals surface area contributed by atoms with Gasteiger partial charge in [-0.2, -0.15) is 8.42 Å². The van der Waals surface area contributed by atoms with Crippen LogP contribution in [0.5, 0.6) is 5.75 Å². The summed E-state index contributed by atoms with van der Waals surface area (Å²) in [5.74, 6) is 0.217. The van der Waals surface area contributed by atoms with Gasteiger partial charge in [0.1, 0.15) is 5.75 Å². The summed E-state index contributed by atoms with van der Waals surface area (Å²) < 4.78 is 33.5. The van der Waals surface area contributed by atoms with Crippen LogP contribution in [0.4, 0.5) is 0 Å². The summed E-state index contributed by atoms with van der Waals surface area (Å²) in [6.45, 7) is 5.81. The first-order valence-electron chi connectivity index (χ1n) is 8.21. The van der Waals surface area contributed by atoms with Gasteiger partial charge >= 0.3 is 10.1 Å². The molecule has 1 amide bonds. The topological polar surface area (TPSA) is 76.8 Å². The van der Waals surface area contributed by atoms with Crippen molar-refractivity contribution in [3.05, 3.63) is 54.0 Å². The molecule has 7 heteroatoms. The maximum atomic E-state index is 12.7. The maximum absolute atomic E-state index is 12.7. The number of amides is 1. The van der Waals surface area contributed by atoms with Gasteiger partial charge in [-0.1, -0.05) is 19.1 Å². The predicted octanol–water partition coefficient (Wildman–Crippen LogP) is 3.45. The second-order valence-electron chi connectivity index (χ2n) is 5.74. The van der Waals surface area contributed by atoms with E-state index in [0.29, 0.717) is 6.54 Å². The van der Waals surface area contributed by atoms with Crippen LogP contribution in [-0.2, 0) is 16.7 Å². The molecule has 1 heterocycles. The molecule has 0 aliphatic heterocycles. The van der Waals surface area contributed by atoms with E-state index in [1.165, 1.54) is 13.2 Å². The van der Waals surface area contributed by atoms with E-state index in [0.717, 1.165) is 12.0 Å². The smallest absolute Gasteiger partial charge is 0.308 e. The average Bonchev–Trinajstić information content (AvgIpc) is 3.13. The van der Waals surface area contributed by atoms with Gasteiger partial charge < -0.3 is 13.5 Å². The highest BCUT2D eigenvalue weighted by Gasteiger charge is 2.23. The third-order valence-electron chi connectivity index (χ3n) is 3.94. The molecule has 1 aromatic heterocycles. The van der Waals surface area contributed by atoms with E-state index in [1.54, 1.807) is 35.2 Å². The number of carbonyl (C=O) groups excluding carboxylic acids is 1. The molecule has 136 valence electrons. The molecular formula is C18H23NO5S. The van der Waals surface area contributed by atoms with Crippen molar-refractivity contribution in [3.8, 4) is 5.75 Å². The monoisotopic (exact) mass is 365 g/mol. The lowest BCUT2D eigenvalue weighted by atomic mass is 10.1. The second kappa shape index (κ2) is 8.20. The van der Waals surface area contributed by atoms with Crippen LogP contribution in [0.25, 0.3) is 0 Å². The lowest BCUT2D eigenvalue weighted by Crippen LogP contribution is -2.37. The Bertz CT molecular complexity index is 799. The van der Waals surface area contributed by atoms with E-state index in [9.17, 15) is 13.2 Å². The molecule has 25 heavy (non-hydrogen) atoms. The standard InChI is InChI=1S/C18H23NO5S/c1-4-14(3)19(18(20)17-10-7-11-23-17)13-15-8-6-9-16(12-15)24-25(21,22)5-2/h6-12,14H,4-5,13H2,1-3H3/t14-/m0/s1. The fraction of sp³-hybridized carbons (Fsp3) is 0.389. The van der Waals surface area contributed by atoms with Crippen molar-refractivity contribution >= 4 is 16.0 Å². The van der Waals surface area contributed by atoms with Crippen LogP contribution in [0.3, 0.4) is 0 Å². The summed E-state index contributed by atoms with van der Waals surface area (Å²) >= 11 is 0. The zero-order valence-corrected chi connectivity index (χ0v) is 15.5. The minimum Gasteiger partial charge on any atom is -0.459 e. The molecule has 0 saturated heterocycles. The van der Waals surface area contributed by atoms with Crippen molar-refractivity contribution in [2.75, 3.05) is 5.75 Å². The van der Waals surface area contributed by atoms with Crippen LogP contribution >= 0.6 is 0 Å². The summed E-state index contributed by atoms with van der Waals surface area (Å²) in [6, 6.07) is 10.1. The SMILES string of the molecule is CC[C@H](C)N(Cc1cccc(OS(=O)(=O)CC)c1)C(=O)c1ccco1. The van der Waals surface area contributed by atoms with E-state index in [-0.39, 0.29) is 29.2 Å². The van der Waals surface area contributed by atoms with Gasteiger partial charge in [-0.05, 0) is 50.1 Å². The summed E-state index contributed by atoms with van der Waals surface area (Å²) in [4.78, 5) is 14.4. The van der Waals surface area contributed by atoms with Gasteiger partial charge in [0.2, 0.25) is 0 Å². The Balaban J connectivity index is 2.23. The second-order valence-corrected chi connectivity index (χ2v) is 7.60. The van der Waals surface area contributed by atoms with Gasteiger partial charge in [-0.3, -0.25) is 4.79 Å². The van der Waals surface area contributed by atoms with Gasteiger partial charge in [0, 0.05) is 12.6 Å². The minimum atomic E-state index is -3.59. The van der Waals surface area contributed by atoms with E-state index in [4.69, 9.17) is 8.60 Å². The highest BCUT2D eigenvalue weighted by molar-refractivity contribution is 7.87. The minimum absolute atomic E-state index is 0.00143. The average molecular weight is 365 g/mol. The summed E-state index contributed by atoms with van der Waals surface area (Å²) in [6.07, 6.45) is 2.25. The maximum Gasteiger partial charge on any atom is 0.308 e. The van der Waals surface area contributed by atoms with Crippen LogP contribution < -0.4 is 4.18 Å². The molecule has 0 bridgehead atoms. The molecule has 0 saturated carbocycles. The van der Waals surface area contributed by atoms with Crippen LogP contribution in [-0.4, -0.2) is 31.0 Å². The van der Waals surface area contributed by atoms with Crippen molar-refractivity contribution in [1.82, 2.24) is 4.90 Å². The number of carbonyl (C=O) groups is 1. The van der Waals surface area contributed by atoms with Crippen molar-refractivity contribution < 1.29 is 21.8 Å². The molecule has 0 unspecified atom stereocenters. The molecule has 2 aromatic rings. The number of benzene rings is 1. The molecule has 0 aliphatic carbocycles. The summed E-state index contributed by atoms with van der Waals surface area (Å²) in [7, 11) is -3.59. The van der Waals surface area contributed by atoms with Crippen molar-refractivity contribution in [1.29, 1.82) is 0 Å². The van der Waals surface area contributed by atoms with Crippen molar-refractivity contribution in [3.63, 3.8) is 0 Å². The number of rotatable bonds is 8. The van der Waals surface area contributed by atoms with Crippen molar-refractivity contribution in [2.24, 2.45) is 0 Å². The normalized spacial score (nSPS) is 12.6. The zero-order valence-electron chi connectivity index (χ0n) is 14.6. The molecule has 2 rings (SSSR count). The molecule has 0 fully saturated rings. The zero-order chi connectivity index (χ0) is 18.4. The van der Waals surface area contributed by atoms with Gasteiger partial charge in [0.05, 0.1) is 12.0 Å². The first kappa shape index (κ1) is 19.1. The highest BCUT2D eigenvalue weighted by Crippen LogP contribution is 2.20. The van der Waals surface area contributed by atoms with Gasteiger partial charge in [0.25, 0.3) is 5.91 Å². The largest absolute Gasteiger partial charge is 0.459 e. The lowest BCUT2D eigenvalue weighted by molar-refractivity contribution is 0.0638. The lowest BCUT2D eigenvalue weighted by Gasteiger charge is -2.28. The summed E-state index contributed by atoms with van der Waals surface area (Å²) in [5, 5.41) is 0. The van der Waals surface area contributed by atoms with Crippen LogP contribution in [0.2, 0.25) is 0 Å². The highest BCUT2D eigenvalue weighted by atomic mass is 32.2. The van der Waals surface area contributed by atoms with E-state index in [1.807, 2.05) is 19.9 Å². The quantitative estimate of drug-likeness (QED) is 0.670. The molecule has 0 N–H and O–H groups in total. The predicted molar refractivity (Wildman–Crippen MR) is 94.9 cm³/mol. The molecule has 6 nitrogen and oxygen atoms in total. The fourth-order valence-corrected chi connectivity index (χ4v) is 2.80. The molecule has 0 radical (unpaired) electrons. The Morgan fingerprint density at radius 3 is 2.60 bits per heavy atom. The van der Waals surface area contributed by atoms with Crippen LogP contribution in [0, 0.1) is 0 Å². The number of furan rings is 1. The Morgan fingerprint density at radius 1 is 1.24 bits per heavy atom. The Hall–Kier alpha value is -2.28. The van der Waals surface area contributed by atoms with Gasteiger partial charge in [-0.15, -0.1) is 0 Å². The molecule has 1 aromatic carbocycles. The van der Waals surface area contributed by atoms with Crippen LogP contribution in [0.15, 0.2) is 47.1 Å². The Labute approximate surface area is 148 Å². The Kier molecular flexibility index (Phi) is 6.25. The Morgan fingerprint density at radius 2 is 2.00 bits per heavy atom. The van der Waals surface area contributed by atoms with Gasteiger partial charge in [0.15, 0.2) is 5.76 Å². The number of hydrogen-bond donors (Lipinski definition) is 0. The van der Waals surface area contributed by atoms with Crippen molar-refractivity contribution in [2.45, 2.75) is 39.8 Å². The van der Waals surface area contributed by atoms with Gasteiger partial charge in [-0.25, -0.2) is 0 Å². The third-order valence-corrected chi connectivity index (χ3v) is 5.10. The van der Waals surface area contributed by atoms with E-state index < -0.39 is 10.1 Å². The molecular weight excluding hydrogens is 342 g/mol. The first-order valence-corrected chi connectivity index (χ1v) is 9.79. The fourth-order valence-electron chi connectivity index (χ4n) is 2.29. The van der Waals surface area contributed by atoms with E-state index in [2.05, 4.69) is 0 Å². The third kappa shape index (κ3) is 5.09. The van der Waals surface area contributed by atoms with E-state index >= 15 is 0 Å².